The van der Waals surface area contributed by atoms with Gasteiger partial charge in [-0.3, -0.25) is 4.79 Å². The minimum Gasteiger partial charge on any atom is -0.382 e. The maximum atomic E-state index is 12.9. The monoisotopic (exact) mass is 288 g/mol. The molecule has 21 heavy (non-hydrogen) atoms. The second kappa shape index (κ2) is 5.68. The van der Waals surface area contributed by atoms with Crippen molar-refractivity contribution in [3.63, 3.8) is 0 Å². The topological polar surface area (TPSA) is 41.6 Å². The summed E-state index contributed by atoms with van der Waals surface area (Å²) in [5.41, 5.74) is 2.40. The summed E-state index contributed by atoms with van der Waals surface area (Å²) in [6.45, 7) is 7.58. The Bertz CT molecular complexity index is 521. The van der Waals surface area contributed by atoms with E-state index >= 15 is 0 Å². The first kappa shape index (κ1) is 14.4. The minimum absolute atomic E-state index is 0.0115. The van der Waals surface area contributed by atoms with Gasteiger partial charge in [0.05, 0.1) is 18.1 Å². The van der Waals surface area contributed by atoms with Crippen LogP contribution >= 0.6 is 0 Å². The van der Waals surface area contributed by atoms with Crippen LogP contribution in [0.4, 0.5) is 5.69 Å². The van der Waals surface area contributed by atoms with E-state index in [1.165, 1.54) is 5.56 Å². The number of para-hydroxylation sites is 1. The Morgan fingerprint density at radius 1 is 1.19 bits per heavy atom. The van der Waals surface area contributed by atoms with Crippen LogP contribution in [0.15, 0.2) is 24.3 Å². The predicted octanol–water partition coefficient (Wildman–Crippen LogP) is 2.30. The van der Waals surface area contributed by atoms with Gasteiger partial charge < -0.3 is 15.0 Å². The number of anilines is 1. The molecule has 2 aliphatic rings. The zero-order chi connectivity index (χ0) is 15.0. The Labute approximate surface area is 126 Å². The second-order valence-corrected chi connectivity index (χ2v) is 6.40. The first-order valence-electron chi connectivity index (χ1n) is 7.83. The van der Waals surface area contributed by atoms with Crippen molar-refractivity contribution < 1.29 is 9.53 Å². The molecule has 4 atom stereocenters. The molecule has 3 rings (SSSR count). The first-order valence-corrected chi connectivity index (χ1v) is 7.83. The molecule has 4 heteroatoms. The average Bonchev–Trinajstić information content (AvgIpc) is 2.44. The van der Waals surface area contributed by atoms with E-state index < -0.39 is 0 Å². The number of benzene rings is 1. The van der Waals surface area contributed by atoms with E-state index in [9.17, 15) is 4.79 Å². The van der Waals surface area contributed by atoms with Crippen molar-refractivity contribution in [3.05, 3.63) is 29.8 Å². The van der Waals surface area contributed by atoms with Crippen molar-refractivity contribution in [2.24, 2.45) is 5.92 Å². The van der Waals surface area contributed by atoms with Gasteiger partial charge in [-0.2, -0.15) is 0 Å². The molecule has 1 amide bonds. The normalized spacial score (nSPS) is 32.2. The fraction of sp³-hybridized carbons (Fsp3) is 0.588. The highest BCUT2D eigenvalue weighted by molar-refractivity contribution is 5.81. The summed E-state index contributed by atoms with van der Waals surface area (Å²) in [6.07, 6.45) is 1.07. The van der Waals surface area contributed by atoms with Gasteiger partial charge in [0.15, 0.2) is 0 Å². The molecule has 114 valence electrons. The van der Waals surface area contributed by atoms with Crippen LogP contribution in [0.2, 0.25) is 0 Å². The standard InChI is InChI=1S/C17H24N2O2/c1-11-9-19(10-12(2)21-11)17(20)15-8-14-6-4-5-7-16(14)18-13(15)3/h4-7,11-13,15,18H,8-10H2,1-3H3. The summed E-state index contributed by atoms with van der Waals surface area (Å²) >= 11 is 0. The second-order valence-electron chi connectivity index (χ2n) is 6.40. The van der Waals surface area contributed by atoms with Gasteiger partial charge in [0, 0.05) is 24.8 Å². The van der Waals surface area contributed by atoms with E-state index in [1.54, 1.807) is 0 Å². The number of hydrogen-bond acceptors (Lipinski definition) is 3. The molecule has 2 aliphatic heterocycles. The molecule has 4 unspecified atom stereocenters. The van der Waals surface area contributed by atoms with Crippen LogP contribution in [0, 0.1) is 5.92 Å². The summed E-state index contributed by atoms with van der Waals surface area (Å²) in [7, 11) is 0. The number of morpholine rings is 1. The van der Waals surface area contributed by atoms with E-state index in [0.29, 0.717) is 13.1 Å². The first-order chi connectivity index (χ1) is 10.0. The van der Waals surface area contributed by atoms with E-state index in [-0.39, 0.29) is 30.1 Å². The number of ether oxygens (including phenoxy) is 1. The SMILES string of the molecule is CC1CN(C(=O)C2Cc3ccccc3NC2C)CC(C)O1. The van der Waals surface area contributed by atoms with E-state index in [0.717, 1.165) is 12.1 Å². The lowest BCUT2D eigenvalue weighted by Gasteiger charge is -2.40. The molecule has 0 aromatic heterocycles. The number of carbonyl (C=O) groups is 1. The summed E-state index contributed by atoms with van der Waals surface area (Å²) in [5.74, 6) is 0.268. The molecule has 0 spiro atoms. The van der Waals surface area contributed by atoms with Gasteiger partial charge in [0.1, 0.15) is 0 Å². The van der Waals surface area contributed by atoms with Gasteiger partial charge in [-0.1, -0.05) is 18.2 Å². The molecule has 0 bridgehead atoms. The van der Waals surface area contributed by atoms with Crippen LogP contribution in [0.25, 0.3) is 0 Å². The van der Waals surface area contributed by atoms with Crippen molar-refractivity contribution in [2.45, 2.75) is 45.4 Å². The third kappa shape index (κ3) is 2.91. The van der Waals surface area contributed by atoms with Crippen LogP contribution in [0.5, 0.6) is 0 Å². The number of carbonyl (C=O) groups excluding carboxylic acids is 1. The third-order valence-corrected chi connectivity index (χ3v) is 4.49. The number of nitrogens with zero attached hydrogens (tertiary/aromatic N) is 1. The van der Waals surface area contributed by atoms with Gasteiger partial charge in [-0.15, -0.1) is 0 Å². The number of nitrogens with one attached hydrogen (secondary N) is 1. The molecule has 1 saturated heterocycles. The largest absolute Gasteiger partial charge is 0.382 e. The zero-order valence-corrected chi connectivity index (χ0v) is 13.0. The highest BCUT2D eigenvalue weighted by Gasteiger charge is 2.35. The number of rotatable bonds is 1. The van der Waals surface area contributed by atoms with Crippen LogP contribution in [0.1, 0.15) is 26.3 Å². The van der Waals surface area contributed by atoms with E-state index in [2.05, 4.69) is 24.4 Å². The lowest BCUT2D eigenvalue weighted by molar-refractivity contribution is -0.147. The molecule has 1 N–H and O–H groups in total. The molecule has 0 saturated carbocycles. The maximum absolute atomic E-state index is 12.9. The summed E-state index contributed by atoms with van der Waals surface area (Å²) in [6, 6.07) is 8.44. The van der Waals surface area contributed by atoms with E-state index in [1.807, 2.05) is 30.9 Å². The molecular weight excluding hydrogens is 264 g/mol. The summed E-state index contributed by atoms with van der Waals surface area (Å²) in [5, 5.41) is 3.47. The summed E-state index contributed by atoms with van der Waals surface area (Å²) in [4.78, 5) is 14.9. The number of fused-ring (bicyclic) bond motifs is 1. The van der Waals surface area contributed by atoms with E-state index in [4.69, 9.17) is 4.74 Å². The molecule has 1 aromatic rings. The molecular formula is C17H24N2O2. The number of amides is 1. The molecule has 2 heterocycles. The Morgan fingerprint density at radius 3 is 2.57 bits per heavy atom. The minimum atomic E-state index is 0.0115. The van der Waals surface area contributed by atoms with Crippen LogP contribution < -0.4 is 5.32 Å². The van der Waals surface area contributed by atoms with Crippen molar-refractivity contribution in [1.29, 1.82) is 0 Å². The molecule has 0 aliphatic carbocycles. The Morgan fingerprint density at radius 2 is 1.86 bits per heavy atom. The van der Waals surface area contributed by atoms with Crippen LogP contribution in [-0.2, 0) is 16.0 Å². The van der Waals surface area contributed by atoms with Gasteiger partial charge >= 0.3 is 0 Å². The van der Waals surface area contributed by atoms with Gasteiger partial charge in [-0.05, 0) is 38.8 Å². The molecule has 4 nitrogen and oxygen atoms in total. The quantitative estimate of drug-likeness (QED) is 0.862. The highest BCUT2D eigenvalue weighted by atomic mass is 16.5. The average molecular weight is 288 g/mol. The molecule has 1 fully saturated rings. The van der Waals surface area contributed by atoms with Crippen molar-refractivity contribution in [1.82, 2.24) is 4.90 Å². The third-order valence-electron chi connectivity index (χ3n) is 4.49. The Kier molecular flexibility index (Phi) is 3.89. The smallest absolute Gasteiger partial charge is 0.228 e. The fourth-order valence-corrected chi connectivity index (χ4v) is 3.49. The maximum Gasteiger partial charge on any atom is 0.228 e. The predicted molar refractivity (Wildman–Crippen MR) is 83.3 cm³/mol. The Hall–Kier alpha value is -1.55. The summed E-state index contributed by atoms with van der Waals surface area (Å²) < 4.78 is 5.73. The van der Waals surface area contributed by atoms with Gasteiger partial charge in [-0.25, -0.2) is 0 Å². The van der Waals surface area contributed by atoms with Gasteiger partial charge in [0.2, 0.25) is 5.91 Å². The highest BCUT2D eigenvalue weighted by Crippen LogP contribution is 2.30. The Balaban J connectivity index is 1.76. The lowest BCUT2D eigenvalue weighted by Crippen LogP contribution is -2.53. The van der Waals surface area contributed by atoms with Crippen molar-refractivity contribution in [2.75, 3.05) is 18.4 Å². The van der Waals surface area contributed by atoms with Gasteiger partial charge in [0.25, 0.3) is 0 Å². The number of hydrogen-bond donors (Lipinski definition) is 1. The molecule has 1 aromatic carbocycles. The van der Waals surface area contributed by atoms with Crippen molar-refractivity contribution in [3.8, 4) is 0 Å². The lowest BCUT2D eigenvalue weighted by atomic mass is 9.86. The van der Waals surface area contributed by atoms with Crippen LogP contribution in [0.3, 0.4) is 0 Å². The van der Waals surface area contributed by atoms with Crippen molar-refractivity contribution >= 4 is 11.6 Å². The van der Waals surface area contributed by atoms with Crippen LogP contribution in [-0.4, -0.2) is 42.1 Å². The molecule has 0 radical (unpaired) electrons. The zero-order valence-electron chi connectivity index (χ0n) is 13.0. The fourth-order valence-electron chi connectivity index (χ4n) is 3.49.